The van der Waals surface area contributed by atoms with Crippen molar-refractivity contribution in [1.29, 1.82) is 0 Å². The van der Waals surface area contributed by atoms with Gasteiger partial charge >= 0.3 is 5.97 Å². The molecule has 0 saturated carbocycles. The lowest BCUT2D eigenvalue weighted by Gasteiger charge is -2.11. The maximum Gasteiger partial charge on any atom is 0.358 e. The molecule has 0 aliphatic carbocycles. The van der Waals surface area contributed by atoms with Crippen molar-refractivity contribution in [2.24, 2.45) is 0 Å². The highest BCUT2D eigenvalue weighted by atomic mass is 16.5. The molecule has 0 aliphatic heterocycles. The van der Waals surface area contributed by atoms with Crippen LogP contribution in [-0.4, -0.2) is 22.8 Å². The van der Waals surface area contributed by atoms with Gasteiger partial charge in [-0.3, -0.25) is 0 Å². The molecule has 0 aliphatic rings. The molecule has 5 heteroatoms. The van der Waals surface area contributed by atoms with Crippen LogP contribution in [0.2, 0.25) is 0 Å². The number of rotatable bonds is 7. The minimum Gasteiger partial charge on any atom is -0.476 e. The van der Waals surface area contributed by atoms with Gasteiger partial charge in [-0.25, -0.2) is 4.79 Å². The zero-order chi connectivity index (χ0) is 14.4. The Morgan fingerprint density at radius 2 is 2.15 bits per heavy atom. The van der Waals surface area contributed by atoms with Crippen LogP contribution < -0.4 is 5.32 Å². The standard InChI is InChI=1S/C15H18N2O3/c1-11(12-5-3-2-4-6-12)7-8-16-10-13-9-14(15(18)19)17-20-13/h2-6,9,11,16H,7-8,10H2,1H3,(H,18,19). The van der Waals surface area contributed by atoms with Gasteiger partial charge in [-0.1, -0.05) is 42.4 Å². The van der Waals surface area contributed by atoms with Gasteiger partial charge < -0.3 is 14.9 Å². The zero-order valence-electron chi connectivity index (χ0n) is 11.4. The molecule has 0 saturated heterocycles. The normalized spacial score (nSPS) is 12.2. The number of nitrogens with zero attached hydrogens (tertiary/aromatic N) is 1. The van der Waals surface area contributed by atoms with E-state index in [9.17, 15) is 4.79 Å². The van der Waals surface area contributed by atoms with Crippen LogP contribution in [0.4, 0.5) is 0 Å². The summed E-state index contributed by atoms with van der Waals surface area (Å²) < 4.78 is 4.92. The van der Waals surface area contributed by atoms with E-state index in [4.69, 9.17) is 9.63 Å². The van der Waals surface area contributed by atoms with Crippen LogP contribution in [0.15, 0.2) is 40.9 Å². The SMILES string of the molecule is CC(CCNCc1cc(C(=O)O)no1)c1ccccc1. The van der Waals surface area contributed by atoms with Gasteiger partial charge in [0, 0.05) is 6.07 Å². The highest BCUT2D eigenvalue weighted by Crippen LogP contribution is 2.17. The quantitative estimate of drug-likeness (QED) is 0.759. The number of aromatic carboxylic acids is 1. The van der Waals surface area contributed by atoms with Crippen molar-refractivity contribution >= 4 is 5.97 Å². The smallest absolute Gasteiger partial charge is 0.358 e. The number of carbonyl (C=O) groups is 1. The fourth-order valence-electron chi connectivity index (χ4n) is 1.98. The molecule has 2 N–H and O–H groups in total. The molecule has 0 fully saturated rings. The highest BCUT2D eigenvalue weighted by molar-refractivity contribution is 5.85. The molecule has 1 atom stereocenters. The second-order valence-electron chi connectivity index (χ2n) is 4.76. The van der Waals surface area contributed by atoms with Gasteiger partial charge in [-0.05, 0) is 24.4 Å². The molecule has 1 unspecified atom stereocenters. The molecule has 0 radical (unpaired) electrons. The molecule has 0 spiro atoms. The molecular weight excluding hydrogens is 256 g/mol. The Kier molecular flexibility index (Phi) is 4.90. The van der Waals surface area contributed by atoms with E-state index in [1.54, 1.807) is 0 Å². The fourth-order valence-corrected chi connectivity index (χ4v) is 1.98. The minimum atomic E-state index is -1.07. The first-order valence-corrected chi connectivity index (χ1v) is 6.61. The van der Waals surface area contributed by atoms with Crippen LogP contribution in [0.3, 0.4) is 0 Å². The molecule has 0 amide bonds. The fraction of sp³-hybridized carbons (Fsp3) is 0.333. The van der Waals surface area contributed by atoms with Crippen LogP contribution in [0.5, 0.6) is 0 Å². The largest absolute Gasteiger partial charge is 0.476 e. The Hall–Kier alpha value is -2.14. The summed E-state index contributed by atoms with van der Waals surface area (Å²) in [6.45, 7) is 3.51. The van der Waals surface area contributed by atoms with E-state index in [-0.39, 0.29) is 5.69 Å². The maximum absolute atomic E-state index is 10.6. The van der Waals surface area contributed by atoms with Crippen molar-refractivity contribution in [3.05, 3.63) is 53.4 Å². The summed E-state index contributed by atoms with van der Waals surface area (Å²) in [5, 5.41) is 15.4. The molecule has 0 bridgehead atoms. The molecule has 1 aromatic heterocycles. The van der Waals surface area contributed by atoms with E-state index in [0.29, 0.717) is 18.2 Å². The summed E-state index contributed by atoms with van der Waals surface area (Å²) in [4.78, 5) is 10.6. The van der Waals surface area contributed by atoms with Gasteiger partial charge in [-0.2, -0.15) is 0 Å². The summed E-state index contributed by atoms with van der Waals surface area (Å²) in [6.07, 6.45) is 1.00. The highest BCUT2D eigenvalue weighted by Gasteiger charge is 2.10. The average molecular weight is 274 g/mol. The Morgan fingerprint density at radius 1 is 1.40 bits per heavy atom. The van der Waals surface area contributed by atoms with E-state index < -0.39 is 5.97 Å². The summed E-state index contributed by atoms with van der Waals surface area (Å²) >= 11 is 0. The number of hydrogen-bond donors (Lipinski definition) is 2. The first-order valence-electron chi connectivity index (χ1n) is 6.61. The topological polar surface area (TPSA) is 75.4 Å². The number of nitrogens with one attached hydrogen (secondary N) is 1. The van der Waals surface area contributed by atoms with Crippen LogP contribution in [0.25, 0.3) is 0 Å². The van der Waals surface area contributed by atoms with Crippen LogP contribution in [-0.2, 0) is 6.54 Å². The monoisotopic (exact) mass is 274 g/mol. The van der Waals surface area contributed by atoms with Crippen molar-refractivity contribution in [1.82, 2.24) is 10.5 Å². The van der Waals surface area contributed by atoms with Gasteiger partial charge in [0.15, 0.2) is 11.5 Å². The van der Waals surface area contributed by atoms with Gasteiger partial charge in [0.1, 0.15) is 0 Å². The molecule has 1 heterocycles. The van der Waals surface area contributed by atoms with E-state index in [0.717, 1.165) is 13.0 Å². The minimum absolute atomic E-state index is 0.0561. The third-order valence-corrected chi connectivity index (χ3v) is 3.20. The van der Waals surface area contributed by atoms with Crippen LogP contribution in [0.1, 0.15) is 41.1 Å². The third kappa shape index (κ3) is 3.93. The van der Waals surface area contributed by atoms with Gasteiger partial charge in [0.2, 0.25) is 0 Å². The zero-order valence-corrected chi connectivity index (χ0v) is 11.4. The third-order valence-electron chi connectivity index (χ3n) is 3.20. The Morgan fingerprint density at radius 3 is 2.80 bits per heavy atom. The second-order valence-corrected chi connectivity index (χ2v) is 4.76. The molecule has 2 rings (SSSR count). The Labute approximate surface area is 117 Å². The predicted molar refractivity (Wildman–Crippen MR) is 74.6 cm³/mol. The molecule has 1 aromatic carbocycles. The van der Waals surface area contributed by atoms with Crippen molar-refractivity contribution < 1.29 is 14.4 Å². The average Bonchev–Trinajstić information content (AvgIpc) is 2.93. The number of carboxylic acids is 1. The number of benzene rings is 1. The van der Waals surface area contributed by atoms with Gasteiger partial charge in [0.25, 0.3) is 0 Å². The molecule has 20 heavy (non-hydrogen) atoms. The van der Waals surface area contributed by atoms with Crippen molar-refractivity contribution in [3.63, 3.8) is 0 Å². The van der Waals surface area contributed by atoms with Crippen LogP contribution >= 0.6 is 0 Å². The Bertz CT molecular complexity index is 551. The van der Waals surface area contributed by atoms with E-state index in [2.05, 4.69) is 29.5 Å². The number of carboxylic acid groups (broad SMARTS) is 1. The molecule has 2 aromatic rings. The predicted octanol–water partition coefficient (Wildman–Crippen LogP) is 2.66. The van der Waals surface area contributed by atoms with E-state index >= 15 is 0 Å². The maximum atomic E-state index is 10.6. The Balaban J connectivity index is 1.72. The molecule has 106 valence electrons. The van der Waals surface area contributed by atoms with Gasteiger partial charge in [-0.15, -0.1) is 0 Å². The van der Waals surface area contributed by atoms with Gasteiger partial charge in [0.05, 0.1) is 6.54 Å². The number of hydrogen-bond acceptors (Lipinski definition) is 4. The van der Waals surface area contributed by atoms with Crippen molar-refractivity contribution in [2.75, 3.05) is 6.54 Å². The lowest BCUT2D eigenvalue weighted by atomic mass is 9.98. The first kappa shape index (κ1) is 14.3. The lowest BCUT2D eigenvalue weighted by Crippen LogP contribution is -2.16. The first-order chi connectivity index (χ1) is 9.66. The van der Waals surface area contributed by atoms with Crippen molar-refractivity contribution in [2.45, 2.75) is 25.8 Å². The summed E-state index contributed by atoms with van der Waals surface area (Å²) in [5.74, 6) is -0.0551. The lowest BCUT2D eigenvalue weighted by molar-refractivity contribution is 0.0685. The summed E-state index contributed by atoms with van der Waals surface area (Å²) in [6, 6.07) is 11.8. The summed E-state index contributed by atoms with van der Waals surface area (Å²) in [5.41, 5.74) is 1.27. The number of aromatic nitrogens is 1. The van der Waals surface area contributed by atoms with Crippen molar-refractivity contribution in [3.8, 4) is 0 Å². The molecule has 5 nitrogen and oxygen atoms in total. The van der Waals surface area contributed by atoms with E-state index in [1.807, 2.05) is 18.2 Å². The van der Waals surface area contributed by atoms with E-state index in [1.165, 1.54) is 11.6 Å². The second kappa shape index (κ2) is 6.86. The van der Waals surface area contributed by atoms with Crippen LogP contribution in [0, 0.1) is 0 Å². The summed E-state index contributed by atoms with van der Waals surface area (Å²) in [7, 11) is 0. The molecular formula is C15H18N2O3.